The Balaban J connectivity index is 1.34. The van der Waals surface area contributed by atoms with Crippen molar-refractivity contribution in [2.45, 2.75) is 0 Å². The molecule has 6 aromatic carbocycles. The van der Waals surface area contributed by atoms with Crippen molar-refractivity contribution >= 4 is 56.2 Å². The van der Waals surface area contributed by atoms with Gasteiger partial charge in [0.2, 0.25) is 0 Å². The molecule has 2 heterocycles. The Morgan fingerprint density at radius 1 is 0.390 bits per heavy atom. The van der Waals surface area contributed by atoms with E-state index in [0.717, 1.165) is 44.3 Å². The Kier molecular flexibility index (Phi) is 5.35. The van der Waals surface area contributed by atoms with Crippen LogP contribution in [0.1, 0.15) is 0 Å². The molecule has 8 aromatic rings. The van der Waals surface area contributed by atoms with E-state index in [1.54, 1.807) is 6.07 Å². The monoisotopic (exact) mass is 528 g/mol. The molecule has 0 saturated heterocycles. The van der Waals surface area contributed by atoms with Crippen LogP contribution in [0.3, 0.4) is 0 Å². The summed E-state index contributed by atoms with van der Waals surface area (Å²) in [5, 5.41) is 24.3. The molecule has 8 rings (SSSR count). The number of para-hydroxylation sites is 3. The molecule has 194 valence electrons. The topological polar surface area (TPSA) is 50.3 Å². The molecule has 0 aliphatic rings. The zero-order valence-corrected chi connectivity index (χ0v) is 22.1. The van der Waals surface area contributed by atoms with E-state index in [4.69, 9.17) is 0 Å². The van der Waals surface area contributed by atoms with Crippen LogP contribution in [0.15, 0.2) is 140 Å². The van der Waals surface area contributed by atoms with Gasteiger partial charge in [0.25, 0.3) is 0 Å². The van der Waals surface area contributed by atoms with E-state index in [1.165, 1.54) is 21.8 Å². The first-order chi connectivity index (χ1) is 20.2. The fraction of sp³-hybridized carbons (Fsp3) is 0. The van der Waals surface area contributed by atoms with E-state index in [-0.39, 0.29) is 0 Å². The third-order valence-electron chi connectivity index (χ3n) is 8.12. The van der Waals surface area contributed by atoms with Gasteiger partial charge in [0.15, 0.2) is 0 Å². The zero-order valence-electron chi connectivity index (χ0n) is 22.1. The molecule has 0 unspecified atom stereocenters. The van der Waals surface area contributed by atoms with Crippen LogP contribution in [0, 0.1) is 0 Å². The number of nitrogens with zero attached hydrogens (tertiary/aromatic N) is 2. The second-order valence-corrected chi connectivity index (χ2v) is 10.5. The first-order valence-corrected chi connectivity index (χ1v) is 13.8. The summed E-state index contributed by atoms with van der Waals surface area (Å²) in [5.74, 6) is 0. The Bertz CT molecular complexity index is 2250. The summed E-state index contributed by atoms with van der Waals surface area (Å²) in [4.78, 5) is 0. The molecule has 0 aliphatic heterocycles. The fourth-order valence-corrected chi connectivity index (χ4v) is 6.26. The quantitative estimate of drug-likeness (QED) is 0.237. The van der Waals surface area contributed by atoms with Crippen LogP contribution in [0.2, 0.25) is 0 Å². The minimum atomic E-state index is -1.52. The van der Waals surface area contributed by atoms with Gasteiger partial charge in [-0.3, -0.25) is 0 Å². The number of benzene rings is 6. The van der Waals surface area contributed by atoms with Gasteiger partial charge >= 0.3 is 7.12 Å². The highest BCUT2D eigenvalue weighted by molar-refractivity contribution is 6.58. The molecule has 0 aliphatic carbocycles. The van der Waals surface area contributed by atoms with E-state index in [9.17, 15) is 10.0 Å². The first kappa shape index (κ1) is 23.8. The van der Waals surface area contributed by atoms with Crippen molar-refractivity contribution in [2.24, 2.45) is 0 Å². The van der Waals surface area contributed by atoms with Gasteiger partial charge in [-0.25, -0.2) is 0 Å². The average Bonchev–Trinajstić information content (AvgIpc) is 3.54. The lowest BCUT2D eigenvalue weighted by Crippen LogP contribution is -2.29. The third-order valence-corrected chi connectivity index (χ3v) is 8.12. The molecular weight excluding hydrogens is 503 g/mol. The molecular formula is C36H25BN2O2. The SMILES string of the molecule is OB(O)c1cccc(-n2c3ccccc3c3cc(-c4ccc5c(c4)c4ccccc4n5-c4ccccc4)ccc32)c1. The van der Waals surface area contributed by atoms with Crippen LogP contribution in [-0.4, -0.2) is 26.3 Å². The zero-order chi connectivity index (χ0) is 27.5. The van der Waals surface area contributed by atoms with Crippen LogP contribution in [0.4, 0.5) is 0 Å². The van der Waals surface area contributed by atoms with Crippen molar-refractivity contribution in [1.29, 1.82) is 0 Å². The Morgan fingerprint density at radius 2 is 0.878 bits per heavy atom. The predicted octanol–water partition coefficient (Wildman–Crippen LogP) is 7.23. The van der Waals surface area contributed by atoms with Crippen LogP contribution in [0.25, 0.3) is 66.1 Å². The summed E-state index contributed by atoms with van der Waals surface area (Å²) in [5.41, 5.74) is 9.35. The number of fused-ring (bicyclic) bond motifs is 6. The largest absolute Gasteiger partial charge is 0.488 e. The van der Waals surface area contributed by atoms with Crippen molar-refractivity contribution in [2.75, 3.05) is 0 Å². The van der Waals surface area contributed by atoms with Crippen molar-refractivity contribution in [1.82, 2.24) is 9.13 Å². The number of aromatic nitrogens is 2. The molecule has 41 heavy (non-hydrogen) atoms. The molecule has 0 radical (unpaired) electrons. The van der Waals surface area contributed by atoms with Gasteiger partial charge in [-0.15, -0.1) is 0 Å². The van der Waals surface area contributed by atoms with Gasteiger partial charge in [0.1, 0.15) is 0 Å². The highest BCUT2D eigenvalue weighted by Crippen LogP contribution is 2.38. The van der Waals surface area contributed by atoms with Crippen molar-refractivity contribution in [3.05, 3.63) is 140 Å². The van der Waals surface area contributed by atoms with Crippen LogP contribution >= 0.6 is 0 Å². The predicted molar refractivity (Wildman–Crippen MR) is 170 cm³/mol. The molecule has 2 aromatic heterocycles. The molecule has 0 spiro atoms. The van der Waals surface area contributed by atoms with Gasteiger partial charge < -0.3 is 19.2 Å². The smallest absolute Gasteiger partial charge is 0.423 e. The minimum absolute atomic E-state index is 0.466. The number of hydrogen-bond donors (Lipinski definition) is 2. The summed E-state index contributed by atoms with van der Waals surface area (Å²) in [6, 6.07) is 48.3. The van der Waals surface area contributed by atoms with Gasteiger partial charge in [0.05, 0.1) is 22.1 Å². The number of hydrogen-bond acceptors (Lipinski definition) is 2. The molecule has 2 N–H and O–H groups in total. The maximum Gasteiger partial charge on any atom is 0.488 e. The van der Waals surface area contributed by atoms with E-state index in [2.05, 4.69) is 118 Å². The standard InChI is InChI=1S/C36H25BN2O2/c40-37(41)26-9-8-12-28(23-26)39-34-16-7-5-14-30(34)32-22-25(18-20-36(32)39)24-17-19-35-31(21-24)29-13-4-6-15-33(29)38(35)27-10-2-1-3-11-27/h1-23,40-41H. The molecule has 4 nitrogen and oxygen atoms in total. The van der Waals surface area contributed by atoms with Gasteiger partial charge in [-0.2, -0.15) is 0 Å². The summed E-state index contributed by atoms with van der Waals surface area (Å²) in [7, 11) is -1.52. The average molecular weight is 528 g/mol. The number of rotatable bonds is 4. The lowest BCUT2D eigenvalue weighted by atomic mass is 9.80. The highest BCUT2D eigenvalue weighted by Gasteiger charge is 2.17. The van der Waals surface area contributed by atoms with E-state index >= 15 is 0 Å². The minimum Gasteiger partial charge on any atom is -0.423 e. The van der Waals surface area contributed by atoms with Crippen molar-refractivity contribution < 1.29 is 10.0 Å². The summed E-state index contributed by atoms with van der Waals surface area (Å²) in [6.07, 6.45) is 0. The van der Waals surface area contributed by atoms with Gasteiger partial charge in [-0.05, 0) is 77.3 Å². The fourth-order valence-electron chi connectivity index (χ4n) is 6.26. The molecule has 5 heteroatoms. The molecule has 0 amide bonds. The third kappa shape index (κ3) is 3.71. The Morgan fingerprint density at radius 3 is 1.46 bits per heavy atom. The van der Waals surface area contributed by atoms with Crippen molar-refractivity contribution in [3.8, 4) is 22.5 Å². The van der Waals surface area contributed by atoms with Gasteiger partial charge in [-0.1, -0.05) is 78.9 Å². The van der Waals surface area contributed by atoms with E-state index < -0.39 is 7.12 Å². The Hall–Kier alpha value is -5.10. The van der Waals surface area contributed by atoms with E-state index in [1.807, 2.05) is 24.3 Å². The van der Waals surface area contributed by atoms with E-state index in [0.29, 0.717) is 5.46 Å². The maximum atomic E-state index is 9.79. The highest BCUT2D eigenvalue weighted by atomic mass is 16.4. The molecule has 0 atom stereocenters. The first-order valence-electron chi connectivity index (χ1n) is 13.8. The second kappa shape index (κ2) is 9.24. The van der Waals surface area contributed by atoms with Crippen molar-refractivity contribution in [3.63, 3.8) is 0 Å². The summed E-state index contributed by atoms with van der Waals surface area (Å²) >= 11 is 0. The van der Waals surface area contributed by atoms with Crippen LogP contribution in [0.5, 0.6) is 0 Å². The Labute approximate surface area is 237 Å². The van der Waals surface area contributed by atoms with Crippen LogP contribution in [-0.2, 0) is 0 Å². The lowest BCUT2D eigenvalue weighted by Gasteiger charge is -2.10. The van der Waals surface area contributed by atoms with Gasteiger partial charge in [0, 0.05) is 32.9 Å². The lowest BCUT2D eigenvalue weighted by molar-refractivity contribution is 0.426. The molecule has 0 fully saturated rings. The summed E-state index contributed by atoms with van der Waals surface area (Å²) < 4.78 is 4.53. The maximum absolute atomic E-state index is 9.79. The molecule has 0 bridgehead atoms. The normalized spacial score (nSPS) is 11.7. The second-order valence-electron chi connectivity index (χ2n) is 10.5. The van der Waals surface area contributed by atoms with Crippen LogP contribution < -0.4 is 5.46 Å². The summed E-state index contributed by atoms with van der Waals surface area (Å²) in [6.45, 7) is 0. The molecule has 0 saturated carbocycles.